The van der Waals surface area contributed by atoms with Gasteiger partial charge >= 0.3 is 0 Å². The minimum Gasteiger partial charge on any atom is -0.375 e. The summed E-state index contributed by atoms with van der Waals surface area (Å²) in [5, 5.41) is 0. The summed E-state index contributed by atoms with van der Waals surface area (Å²) < 4.78 is 6.13. The van der Waals surface area contributed by atoms with Crippen LogP contribution in [-0.4, -0.2) is 36.7 Å². The van der Waals surface area contributed by atoms with E-state index in [-0.39, 0.29) is 0 Å². The number of likely N-dealkylation sites (tertiary alicyclic amines) is 1. The van der Waals surface area contributed by atoms with Gasteiger partial charge in [0.05, 0.1) is 12.2 Å². The molecular formula is C13H25NO. The molecule has 2 aliphatic rings. The minimum absolute atomic E-state index is 0.565. The summed E-state index contributed by atoms with van der Waals surface area (Å²) in [7, 11) is 0. The predicted octanol–water partition coefficient (Wildman–Crippen LogP) is 2.68. The van der Waals surface area contributed by atoms with Gasteiger partial charge in [-0.15, -0.1) is 0 Å². The number of hydrogen-bond acceptors (Lipinski definition) is 2. The molecule has 2 heteroatoms. The van der Waals surface area contributed by atoms with Crippen LogP contribution < -0.4 is 0 Å². The molecule has 1 aliphatic heterocycles. The molecule has 2 nitrogen and oxygen atoms in total. The second-order valence-corrected chi connectivity index (χ2v) is 5.14. The summed E-state index contributed by atoms with van der Waals surface area (Å²) in [4.78, 5) is 2.52. The van der Waals surface area contributed by atoms with Crippen molar-refractivity contribution in [2.45, 2.75) is 58.2 Å². The molecule has 1 saturated heterocycles. The zero-order valence-electron chi connectivity index (χ0n) is 10.2. The predicted molar refractivity (Wildman–Crippen MR) is 63.0 cm³/mol. The van der Waals surface area contributed by atoms with Gasteiger partial charge in [-0.2, -0.15) is 0 Å². The van der Waals surface area contributed by atoms with E-state index in [9.17, 15) is 0 Å². The molecule has 1 aliphatic carbocycles. The lowest BCUT2D eigenvalue weighted by Gasteiger charge is -2.39. The summed E-state index contributed by atoms with van der Waals surface area (Å²) in [5.74, 6) is 0.964. The van der Waals surface area contributed by atoms with Gasteiger partial charge in [0.25, 0.3) is 0 Å². The maximum absolute atomic E-state index is 6.13. The van der Waals surface area contributed by atoms with E-state index in [2.05, 4.69) is 18.7 Å². The number of piperidine rings is 1. The number of nitrogens with zero attached hydrogens (tertiary/aromatic N) is 1. The van der Waals surface area contributed by atoms with Crippen LogP contribution >= 0.6 is 0 Å². The van der Waals surface area contributed by atoms with Crippen LogP contribution in [0.2, 0.25) is 0 Å². The topological polar surface area (TPSA) is 12.5 Å². The van der Waals surface area contributed by atoms with Gasteiger partial charge in [0.2, 0.25) is 0 Å². The van der Waals surface area contributed by atoms with E-state index in [1.54, 1.807) is 0 Å². The van der Waals surface area contributed by atoms with Crippen LogP contribution in [0.4, 0.5) is 0 Å². The fourth-order valence-electron chi connectivity index (χ4n) is 2.75. The fraction of sp³-hybridized carbons (Fsp3) is 1.00. The van der Waals surface area contributed by atoms with Crippen molar-refractivity contribution in [2.75, 3.05) is 19.6 Å². The van der Waals surface area contributed by atoms with Crippen LogP contribution in [0.1, 0.15) is 46.0 Å². The van der Waals surface area contributed by atoms with Crippen molar-refractivity contribution >= 4 is 0 Å². The third kappa shape index (κ3) is 2.94. The van der Waals surface area contributed by atoms with Crippen molar-refractivity contribution in [1.29, 1.82) is 0 Å². The average molecular weight is 211 g/mol. The number of hydrogen-bond donors (Lipinski definition) is 0. The second kappa shape index (κ2) is 5.31. The zero-order chi connectivity index (χ0) is 10.7. The molecule has 2 rings (SSSR count). The largest absolute Gasteiger partial charge is 0.375 e. The molecule has 0 bridgehead atoms. The molecule has 0 spiro atoms. The van der Waals surface area contributed by atoms with Crippen LogP contribution in [0.3, 0.4) is 0 Å². The SMILES string of the molecule is CCC1CC(OC2CCN(CC)CC2)C1. The summed E-state index contributed by atoms with van der Waals surface area (Å²) in [6, 6.07) is 0. The summed E-state index contributed by atoms with van der Waals surface area (Å²) in [5.41, 5.74) is 0. The molecule has 0 amide bonds. The lowest BCUT2D eigenvalue weighted by Crippen LogP contribution is -2.41. The van der Waals surface area contributed by atoms with Gasteiger partial charge in [-0.1, -0.05) is 20.3 Å². The van der Waals surface area contributed by atoms with Gasteiger partial charge in [-0.05, 0) is 38.1 Å². The molecule has 2 fully saturated rings. The highest BCUT2D eigenvalue weighted by Gasteiger charge is 2.31. The third-order valence-corrected chi connectivity index (χ3v) is 4.14. The number of rotatable bonds is 4. The summed E-state index contributed by atoms with van der Waals surface area (Å²) in [6.45, 7) is 8.23. The van der Waals surface area contributed by atoms with Gasteiger partial charge in [-0.3, -0.25) is 0 Å². The molecule has 88 valence electrons. The third-order valence-electron chi connectivity index (χ3n) is 4.14. The molecule has 0 N–H and O–H groups in total. The van der Waals surface area contributed by atoms with Crippen molar-refractivity contribution in [1.82, 2.24) is 4.90 Å². The quantitative estimate of drug-likeness (QED) is 0.709. The average Bonchev–Trinajstić information content (AvgIpc) is 2.23. The maximum Gasteiger partial charge on any atom is 0.0603 e. The van der Waals surface area contributed by atoms with Gasteiger partial charge in [-0.25, -0.2) is 0 Å². The lowest BCUT2D eigenvalue weighted by atomic mass is 9.80. The monoisotopic (exact) mass is 211 g/mol. The van der Waals surface area contributed by atoms with E-state index < -0.39 is 0 Å². The van der Waals surface area contributed by atoms with Crippen molar-refractivity contribution in [3.8, 4) is 0 Å². The molecule has 0 atom stereocenters. The van der Waals surface area contributed by atoms with Gasteiger partial charge < -0.3 is 9.64 Å². The number of ether oxygens (including phenoxy) is 1. The highest BCUT2D eigenvalue weighted by Crippen LogP contribution is 2.34. The maximum atomic E-state index is 6.13. The van der Waals surface area contributed by atoms with E-state index in [1.165, 1.54) is 51.7 Å². The zero-order valence-corrected chi connectivity index (χ0v) is 10.2. The Morgan fingerprint density at radius 3 is 2.27 bits per heavy atom. The molecule has 0 aromatic carbocycles. The first-order valence-electron chi connectivity index (χ1n) is 6.69. The highest BCUT2D eigenvalue weighted by molar-refractivity contribution is 4.81. The Labute approximate surface area is 94.0 Å². The van der Waals surface area contributed by atoms with E-state index in [4.69, 9.17) is 4.74 Å². The van der Waals surface area contributed by atoms with Crippen molar-refractivity contribution < 1.29 is 4.74 Å². The Balaban J connectivity index is 1.61. The first-order valence-corrected chi connectivity index (χ1v) is 6.69. The Morgan fingerprint density at radius 2 is 1.73 bits per heavy atom. The first kappa shape index (κ1) is 11.4. The van der Waals surface area contributed by atoms with Crippen molar-refractivity contribution in [2.24, 2.45) is 5.92 Å². The fourth-order valence-corrected chi connectivity index (χ4v) is 2.75. The van der Waals surface area contributed by atoms with E-state index in [0.717, 1.165) is 5.92 Å². The molecule has 1 saturated carbocycles. The minimum atomic E-state index is 0.565. The summed E-state index contributed by atoms with van der Waals surface area (Å²) >= 11 is 0. The smallest absolute Gasteiger partial charge is 0.0603 e. The van der Waals surface area contributed by atoms with Gasteiger partial charge in [0.1, 0.15) is 0 Å². The Morgan fingerprint density at radius 1 is 1.07 bits per heavy atom. The molecular weight excluding hydrogens is 186 g/mol. The summed E-state index contributed by atoms with van der Waals surface area (Å²) in [6.07, 6.45) is 7.66. The van der Waals surface area contributed by atoms with Crippen LogP contribution in [0.15, 0.2) is 0 Å². The second-order valence-electron chi connectivity index (χ2n) is 5.14. The molecule has 0 unspecified atom stereocenters. The van der Waals surface area contributed by atoms with Crippen molar-refractivity contribution in [3.05, 3.63) is 0 Å². The van der Waals surface area contributed by atoms with Gasteiger partial charge in [0, 0.05) is 13.1 Å². The molecule has 0 radical (unpaired) electrons. The molecule has 0 aromatic heterocycles. The van der Waals surface area contributed by atoms with E-state index in [0.29, 0.717) is 12.2 Å². The first-order chi connectivity index (χ1) is 7.31. The molecule has 1 heterocycles. The van der Waals surface area contributed by atoms with Crippen LogP contribution in [-0.2, 0) is 4.74 Å². The Kier molecular flexibility index (Phi) is 4.04. The van der Waals surface area contributed by atoms with Crippen LogP contribution in [0.25, 0.3) is 0 Å². The van der Waals surface area contributed by atoms with Gasteiger partial charge in [0.15, 0.2) is 0 Å². The van der Waals surface area contributed by atoms with E-state index in [1.807, 2.05) is 0 Å². The highest BCUT2D eigenvalue weighted by atomic mass is 16.5. The van der Waals surface area contributed by atoms with E-state index >= 15 is 0 Å². The lowest BCUT2D eigenvalue weighted by molar-refractivity contribution is -0.0936. The normalized spacial score (nSPS) is 34.0. The van der Waals surface area contributed by atoms with Crippen LogP contribution in [0, 0.1) is 5.92 Å². The van der Waals surface area contributed by atoms with Crippen molar-refractivity contribution in [3.63, 3.8) is 0 Å². The molecule has 15 heavy (non-hydrogen) atoms. The standard InChI is InChI=1S/C13H25NO/c1-3-11-9-13(10-11)15-12-5-7-14(4-2)8-6-12/h11-13H,3-10H2,1-2H3. The Hall–Kier alpha value is -0.0800. The molecule has 0 aromatic rings. The van der Waals surface area contributed by atoms with Crippen LogP contribution in [0.5, 0.6) is 0 Å². The Bertz CT molecular complexity index is 181.